The molecular weight excluding hydrogens is 332 g/mol. The summed E-state index contributed by atoms with van der Waals surface area (Å²) < 4.78 is 10.1. The highest BCUT2D eigenvalue weighted by molar-refractivity contribution is 6.30. The first-order chi connectivity index (χ1) is 11.6. The molecule has 6 nitrogen and oxygen atoms in total. The smallest absolute Gasteiger partial charge is 0.289 e. The van der Waals surface area contributed by atoms with E-state index in [4.69, 9.17) is 20.8 Å². The summed E-state index contributed by atoms with van der Waals surface area (Å²) in [6.07, 6.45) is 1.16. The Labute approximate surface area is 144 Å². The van der Waals surface area contributed by atoms with E-state index >= 15 is 0 Å². The van der Waals surface area contributed by atoms with Gasteiger partial charge in [0.25, 0.3) is 5.91 Å². The Balaban J connectivity index is 1.67. The van der Waals surface area contributed by atoms with Crippen molar-refractivity contribution in [3.05, 3.63) is 57.6 Å². The van der Waals surface area contributed by atoms with E-state index in [-0.39, 0.29) is 22.8 Å². The van der Waals surface area contributed by atoms with Crippen LogP contribution in [0.15, 0.2) is 45.8 Å². The molecule has 0 radical (unpaired) electrons. The predicted octanol–water partition coefficient (Wildman–Crippen LogP) is 2.26. The number of carbonyl (C=O) groups excluding carboxylic acids is 1. The molecule has 0 aliphatic carbocycles. The van der Waals surface area contributed by atoms with Crippen LogP contribution < -0.4 is 15.1 Å². The van der Waals surface area contributed by atoms with Crippen LogP contribution in [0, 0.1) is 0 Å². The fourth-order valence-corrected chi connectivity index (χ4v) is 2.84. The normalized spacial score (nSPS) is 14.6. The quantitative estimate of drug-likeness (QED) is 0.851. The van der Waals surface area contributed by atoms with Gasteiger partial charge in [-0.1, -0.05) is 17.7 Å². The number of methoxy groups -OCH3 is 1. The van der Waals surface area contributed by atoms with E-state index in [1.807, 2.05) is 24.3 Å². The Morgan fingerprint density at radius 3 is 2.58 bits per heavy atom. The van der Waals surface area contributed by atoms with E-state index in [1.165, 1.54) is 13.2 Å². The molecule has 0 N–H and O–H groups in total. The Hall–Kier alpha value is -2.47. The second-order valence-electron chi connectivity index (χ2n) is 5.44. The molecule has 0 saturated carbocycles. The molecule has 3 rings (SSSR count). The Morgan fingerprint density at radius 2 is 1.96 bits per heavy atom. The van der Waals surface area contributed by atoms with Crippen molar-refractivity contribution < 1.29 is 13.9 Å². The number of hydrogen-bond donors (Lipinski definition) is 0. The Bertz CT molecular complexity index is 797. The fourth-order valence-electron chi connectivity index (χ4n) is 2.66. The average molecular weight is 349 g/mol. The fraction of sp³-hybridized carbons (Fsp3) is 0.294. The first-order valence-corrected chi connectivity index (χ1v) is 7.93. The van der Waals surface area contributed by atoms with Crippen molar-refractivity contribution in [2.75, 3.05) is 38.2 Å². The highest BCUT2D eigenvalue weighted by Gasteiger charge is 2.24. The SMILES string of the molecule is COc1coc(C(=O)N2CCN(c3cccc(Cl)c3)CC2)cc1=O. The second-order valence-corrected chi connectivity index (χ2v) is 5.87. The number of carbonyl (C=O) groups is 1. The lowest BCUT2D eigenvalue weighted by molar-refractivity contribution is 0.0711. The number of amides is 1. The monoisotopic (exact) mass is 348 g/mol. The summed E-state index contributed by atoms with van der Waals surface area (Å²) >= 11 is 6.02. The number of nitrogens with zero attached hydrogens (tertiary/aromatic N) is 2. The van der Waals surface area contributed by atoms with Crippen LogP contribution in [0.5, 0.6) is 5.75 Å². The van der Waals surface area contributed by atoms with Gasteiger partial charge in [0.05, 0.1) is 7.11 Å². The van der Waals surface area contributed by atoms with Crippen LogP contribution in [0.2, 0.25) is 5.02 Å². The van der Waals surface area contributed by atoms with Crippen LogP contribution in [-0.2, 0) is 0 Å². The lowest BCUT2D eigenvalue weighted by Crippen LogP contribution is -2.48. The molecule has 1 saturated heterocycles. The Morgan fingerprint density at radius 1 is 1.21 bits per heavy atom. The van der Waals surface area contributed by atoms with E-state index in [2.05, 4.69) is 4.90 Å². The molecule has 0 spiro atoms. The van der Waals surface area contributed by atoms with Crippen LogP contribution in [0.3, 0.4) is 0 Å². The topological polar surface area (TPSA) is 63.0 Å². The standard InChI is InChI=1S/C17H17ClN2O4/c1-23-16-11-24-15(10-14(16)21)17(22)20-7-5-19(6-8-20)13-4-2-3-12(18)9-13/h2-4,9-11H,5-8H2,1H3. The molecule has 24 heavy (non-hydrogen) atoms. The van der Waals surface area contributed by atoms with Crippen molar-refractivity contribution >= 4 is 23.2 Å². The summed E-state index contributed by atoms with van der Waals surface area (Å²) in [5.74, 6) is -0.185. The number of rotatable bonds is 3. The van der Waals surface area contributed by atoms with E-state index in [0.717, 1.165) is 12.0 Å². The molecule has 1 aliphatic rings. The lowest BCUT2D eigenvalue weighted by Gasteiger charge is -2.35. The molecule has 126 valence electrons. The van der Waals surface area contributed by atoms with Crippen molar-refractivity contribution in [2.45, 2.75) is 0 Å². The van der Waals surface area contributed by atoms with E-state index in [1.54, 1.807) is 4.90 Å². The first-order valence-electron chi connectivity index (χ1n) is 7.55. The van der Waals surface area contributed by atoms with E-state index in [9.17, 15) is 9.59 Å². The molecule has 1 aromatic heterocycles. The largest absolute Gasteiger partial charge is 0.490 e. The number of halogens is 1. The minimum atomic E-state index is -0.371. The zero-order valence-electron chi connectivity index (χ0n) is 13.2. The van der Waals surface area contributed by atoms with Crippen molar-refractivity contribution in [2.24, 2.45) is 0 Å². The van der Waals surface area contributed by atoms with E-state index in [0.29, 0.717) is 31.2 Å². The maximum atomic E-state index is 12.5. The third kappa shape index (κ3) is 3.38. The molecule has 2 heterocycles. The molecule has 7 heteroatoms. The summed E-state index contributed by atoms with van der Waals surface area (Å²) in [4.78, 5) is 28.1. The maximum Gasteiger partial charge on any atom is 0.289 e. The zero-order valence-corrected chi connectivity index (χ0v) is 14.0. The van der Waals surface area contributed by atoms with Crippen molar-refractivity contribution in [1.82, 2.24) is 4.90 Å². The van der Waals surface area contributed by atoms with Crippen molar-refractivity contribution in [1.29, 1.82) is 0 Å². The van der Waals surface area contributed by atoms with Gasteiger partial charge in [-0.05, 0) is 18.2 Å². The van der Waals surface area contributed by atoms with Gasteiger partial charge in [0, 0.05) is 43.0 Å². The van der Waals surface area contributed by atoms with Gasteiger partial charge in [-0.25, -0.2) is 0 Å². The van der Waals surface area contributed by atoms with Gasteiger partial charge in [0.2, 0.25) is 11.2 Å². The third-order valence-corrected chi connectivity index (χ3v) is 4.20. The summed E-state index contributed by atoms with van der Waals surface area (Å²) in [6.45, 7) is 2.46. The summed E-state index contributed by atoms with van der Waals surface area (Å²) in [7, 11) is 1.38. The molecule has 1 fully saturated rings. The first kappa shape index (κ1) is 16.4. The molecular formula is C17H17ClN2O4. The molecule has 1 amide bonds. The molecule has 0 atom stereocenters. The Kier molecular flexibility index (Phi) is 4.76. The number of piperazine rings is 1. The van der Waals surface area contributed by atoms with E-state index < -0.39 is 0 Å². The third-order valence-electron chi connectivity index (χ3n) is 3.97. The summed E-state index contributed by atoms with van der Waals surface area (Å²) in [6, 6.07) is 8.80. The van der Waals surface area contributed by atoms with Crippen LogP contribution in [-0.4, -0.2) is 44.1 Å². The number of ether oxygens (including phenoxy) is 1. The highest BCUT2D eigenvalue weighted by atomic mass is 35.5. The number of benzene rings is 1. The minimum absolute atomic E-state index is 0.0250. The zero-order chi connectivity index (χ0) is 17.1. The molecule has 1 aromatic carbocycles. The van der Waals surface area contributed by atoms with Gasteiger partial charge >= 0.3 is 0 Å². The van der Waals surface area contributed by atoms with Gasteiger partial charge < -0.3 is 19.0 Å². The molecule has 2 aromatic rings. The predicted molar refractivity (Wildman–Crippen MR) is 91.1 cm³/mol. The number of anilines is 1. The van der Waals surface area contributed by atoms with Crippen LogP contribution in [0.1, 0.15) is 10.6 Å². The van der Waals surface area contributed by atoms with Gasteiger partial charge in [-0.2, -0.15) is 0 Å². The number of hydrogen-bond acceptors (Lipinski definition) is 5. The average Bonchev–Trinajstić information content (AvgIpc) is 2.61. The second kappa shape index (κ2) is 6.97. The molecule has 0 bridgehead atoms. The van der Waals surface area contributed by atoms with Gasteiger partial charge in [0.15, 0.2) is 5.76 Å². The van der Waals surface area contributed by atoms with Gasteiger partial charge in [0.1, 0.15) is 6.26 Å². The van der Waals surface area contributed by atoms with Gasteiger partial charge in [-0.15, -0.1) is 0 Å². The van der Waals surface area contributed by atoms with Crippen molar-refractivity contribution in [3.63, 3.8) is 0 Å². The van der Waals surface area contributed by atoms with Crippen LogP contribution in [0.4, 0.5) is 5.69 Å². The summed E-state index contributed by atoms with van der Waals surface area (Å²) in [5, 5.41) is 0.686. The lowest BCUT2D eigenvalue weighted by atomic mass is 10.2. The van der Waals surface area contributed by atoms with Gasteiger partial charge in [-0.3, -0.25) is 9.59 Å². The molecule has 0 unspecified atom stereocenters. The highest BCUT2D eigenvalue weighted by Crippen LogP contribution is 2.21. The van der Waals surface area contributed by atoms with Crippen molar-refractivity contribution in [3.8, 4) is 5.75 Å². The van der Waals surface area contributed by atoms with Crippen LogP contribution >= 0.6 is 11.6 Å². The maximum absolute atomic E-state index is 12.5. The molecule has 1 aliphatic heterocycles. The summed E-state index contributed by atoms with van der Waals surface area (Å²) in [5.41, 5.74) is 0.662. The van der Waals surface area contributed by atoms with Crippen LogP contribution in [0.25, 0.3) is 0 Å². The minimum Gasteiger partial charge on any atom is -0.490 e.